The van der Waals surface area contributed by atoms with Gasteiger partial charge in [0.15, 0.2) is 12.2 Å². The second kappa shape index (κ2) is 14.8. The van der Waals surface area contributed by atoms with E-state index in [2.05, 4.69) is 6.58 Å². The van der Waals surface area contributed by atoms with Gasteiger partial charge >= 0.3 is 23.9 Å². The minimum Gasteiger partial charge on any atom is -0.462 e. The smallest absolute Gasteiger partial charge is 0.338 e. The summed E-state index contributed by atoms with van der Waals surface area (Å²) in [5, 5.41) is 11.4. The maximum Gasteiger partial charge on any atom is 0.338 e. The fourth-order valence-corrected chi connectivity index (χ4v) is 5.35. The van der Waals surface area contributed by atoms with Gasteiger partial charge in [-0.15, -0.1) is 0 Å². The molecule has 10 nitrogen and oxygen atoms in total. The molecular weight excluding hydrogens is 556 g/mol. The van der Waals surface area contributed by atoms with Crippen LogP contribution in [0.4, 0.5) is 0 Å². The van der Waals surface area contributed by atoms with Gasteiger partial charge in [0.05, 0.1) is 17.7 Å². The largest absolute Gasteiger partial charge is 0.462 e. The number of carbonyl (C=O) groups is 4. The molecular formula is C33H40O10. The molecule has 1 N–H and O–H groups in total. The Morgan fingerprint density at radius 1 is 0.977 bits per heavy atom. The number of benzene rings is 1. The number of rotatable bonds is 8. The van der Waals surface area contributed by atoms with Gasteiger partial charge in [0, 0.05) is 32.3 Å². The molecule has 1 aromatic carbocycles. The number of aliphatic hydroxyl groups is 1. The van der Waals surface area contributed by atoms with E-state index in [0.29, 0.717) is 24.0 Å². The summed E-state index contributed by atoms with van der Waals surface area (Å²) in [7, 11) is 0. The summed E-state index contributed by atoms with van der Waals surface area (Å²) in [6, 6.07) is 8.42. The number of fused-ring (bicyclic) bond motifs is 1. The number of allylic oxidation sites excluding steroid dienone is 2. The van der Waals surface area contributed by atoms with E-state index in [9.17, 15) is 24.3 Å². The van der Waals surface area contributed by atoms with Crippen LogP contribution in [0, 0.1) is 11.8 Å². The monoisotopic (exact) mass is 596 g/mol. The molecule has 0 fully saturated rings. The third kappa shape index (κ3) is 8.90. The molecule has 7 atom stereocenters. The summed E-state index contributed by atoms with van der Waals surface area (Å²) in [6.07, 6.45) is -0.171. The number of esters is 4. The fourth-order valence-electron chi connectivity index (χ4n) is 5.35. The predicted octanol–water partition coefficient (Wildman–Crippen LogP) is 4.73. The molecule has 0 bridgehead atoms. The predicted molar refractivity (Wildman–Crippen MR) is 156 cm³/mol. The first-order valence-corrected chi connectivity index (χ1v) is 14.1. The average molecular weight is 597 g/mol. The lowest BCUT2D eigenvalue weighted by atomic mass is 9.73. The van der Waals surface area contributed by atoms with Gasteiger partial charge in [0.25, 0.3) is 0 Å². The Morgan fingerprint density at radius 2 is 1.63 bits per heavy atom. The number of hydrogen-bond acceptors (Lipinski definition) is 10. The maximum atomic E-state index is 13.2. The van der Waals surface area contributed by atoms with Crippen molar-refractivity contribution in [2.75, 3.05) is 0 Å². The van der Waals surface area contributed by atoms with Crippen molar-refractivity contribution in [2.24, 2.45) is 11.8 Å². The van der Waals surface area contributed by atoms with Crippen molar-refractivity contribution in [2.45, 2.75) is 85.1 Å². The first-order valence-electron chi connectivity index (χ1n) is 14.1. The number of carbonyl (C=O) groups excluding carboxylic acids is 4. The lowest BCUT2D eigenvalue weighted by molar-refractivity contribution is -0.183. The lowest BCUT2D eigenvalue weighted by Crippen LogP contribution is -2.47. The van der Waals surface area contributed by atoms with Gasteiger partial charge in [-0.05, 0) is 63.5 Å². The Kier molecular flexibility index (Phi) is 11.5. The lowest BCUT2D eigenvalue weighted by Gasteiger charge is -2.42. The van der Waals surface area contributed by atoms with E-state index in [1.165, 1.54) is 27.0 Å². The molecule has 1 aliphatic carbocycles. The van der Waals surface area contributed by atoms with Crippen molar-refractivity contribution >= 4 is 23.9 Å². The van der Waals surface area contributed by atoms with Crippen LogP contribution >= 0.6 is 0 Å². The third-order valence-corrected chi connectivity index (χ3v) is 7.17. The molecule has 3 unspecified atom stereocenters. The highest BCUT2D eigenvalue weighted by atomic mass is 16.7. The van der Waals surface area contributed by atoms with E-state index in [1.807, 2.05) is 20.8 Å². The second-order valence-corrected chi connectivity index (χ2v) is 11.0. The molecule has 232 valence electrons. The van der Waals surface area contributed by atoms with Crippen LogP contribution in [0.15, 0.2) is 77.6 Å². The average Bonchev–Trinajstić information content (AvgIpc) is 2.96. The van der Waals surface area contributed by atoms with Crippen molar-refractivity contribution in [3.05, 3.63) is 83.2 Å². The van der Waals surface area contributed by atoms with Gasteiger partial charge in [-0.1, -0.05) is 35.9 Å². The standard InChI is InChI=1S/C33H40O10/c1-18(2)15-28(43-32(38)24-11-9-8-10-12-24)31(41-22(6)35)26-17-39-33(42-23(7)36)29-20(4)30(37)27(40-21(5)34)16-19(3)13-14-25(26)29/h8-12,15-17,25,27-31,33,37H,4,13-14H2,1-3,5-7H3/b19-16+/t25-,27?,28-,29+,30?,31+,33?/m1/s1. The van der Waals surface area contributed by atoms with Gasteiger partial charge in [-0.3, -0.25) is 14.4 Å². The molecule has 3 rings (SSSR count). The molecule has 1 aliphatic heterocycles. The molecule has 0 saturated heterocycles. The first-order chi connectivity index (χ1) is 20.3. The van der Waals surface area contributed by atoms with Gasteiger partial charge in [0.1, 0.15) is 12.2 Å². The van der Waals surface area contributed by atoms with Gasteiger partial charge in [-0.25, -0.2) is 4.79 Å². The number of ether oxygens (including phenoxy) is 5. The summed E-state index contributed by atoms with van der Waals surface area (Å²) in [5.74, 6) is -3.86. The Bertz CT molecular complexity index is 1300. The molecule has 0 aromatic heterocycles. The highest BCUT2D eigenvalue weighted by Gasteiger charge is 2.48. The van der Waals surface area contributed by atoms with Gasteiger partial charge in [0.2, 0.25) is 6.29 Å². The highest BCUT2D eigenvalue weighted by molar-refractivity contribution is 5.89. The molecule has 0 saturated carbocycles. The second-order valence-electron chi connectivity index (χ2n) is 11.0. The quantitative estimate of drug-likeness (QED) is 0.255. The van der Waals surface area contributed by atoms with E-state index in [-0.39, 0.29) is 5.57 Å². The molecule has 0 radical (unpaired) electrons. The summed E-state index contributed by atoms with van der Waals surface area (Å²) in [5.41, 5.74) is 2.58. The van der Waals surface area contributed by atoms with E-state index in [0.717, 1.165) is 11.1 Å². The van der Waals surface area contributed by atoms with Crippen molar-refractivity contribution in [3.63, 3.8) is 0 Å². The Labute approximate surface area is 252 Å². The first kappa shape index (κ1) is 33.3. The van der Waals surface area contributed by atoms with Crippen LogP contribution in [0.3, 0.4) is 0 Å². The van der Waals surface area contributed by atoms with Gasteiger partial charge in [-0.2, -0.15) is 0 Å². The van der Waals surface area contributed by atoms with Crippen LogP contribution in [0.5, 0.6) is 0 Å². The molecule has 10 heteroatoms. The third-order valence-electron chi connectivity index (χ3n) is 7.17. The zero-order valence-electron chi connectivity index (χ0n) is 25.4. The Hall–Kier alpha value is -4.18. The summed E-state index contributed by atoms with van der Waals surface area (Å²) < 4.78 is 28.6. The van der Waals surface area contributed by atoms with Crippen LogP contribution < -0.4 is 0 Å². The molecule has 1 heterocycles. The summed E-state index contributed by atoms with van der Waals surface area (Å²) >= 11 is 0. The zero-order chi connectivity index (χ0) is 31.8. The minimum atomic E-state index is -1.37. The van der Waals surface area contributed by atoms with Crippen molar-refractivity contribution in [1.82, 2.24) is 0 Å². The highest BCUT2D eigenvalue weighted by Crippen LogP contribution is 2.44. The molecule has 43 heavy (non-hydrogen) atoms. The van der Waals surface area contributed by atoms with Crippen molar-refractivity contribution in [3.8, 4) is 0 Å². The fraction of sp³-hybridized carbons (Fsp3) is 0.455. The Balaban J connectivity index is 2.14. The molecule has 0 amide bonds. The van der Waals surface area contributed by atoms with Crippen LogP contribution in [0.1, 0.15) is 64.7 Å². The van der Waals surface area contributed by atoms with E-state index < -0.39 is 66.4 Å². The van der Waals surface area contributed by atoms with E-state index in [4.69, 9.17) is 23.7 Å². The van der Waals surface area contributed by atoms with Crippen molar-refractivity contribution < 1.29 is 48.0 Å². The zero-order valence-corrected chi connectivity index (χ0v) is 25.4. The van der Waals surface area contributed by atoms with Crippen LogP contribution in [-0.4, -0.2) is 59.7 Å². The van der Waals surface area contributed by atoms with Crippen LogP contribution in [-0.2, 0) is 38.1 Å². The number of hydrogen-bond donors (Lipinski definition) is 1. The maximum absolute atomic E-state index is 13.2. The topological polar surface area (TPSA) is 135 Å². The molecule has 0 spiro atoms. The molecule has 1 aromatic rings. The van der Waals surface area contributed by atoms with Gasteiger partial charge < -0.3 is 28.8 Å². The molecule has 2 aliphatic rings. The van der Waals surface area contributed by atoms with Crippen LogP contribution in [0.25, 0.3) is 0 Å². The summed E-state index contributed by atoms with van der Waals surface area (Å²) in [6.45, 7) is 13.3. The minimum absolute atomic E-state index is 0.195. The van der Waals surface area contributed by atoms with Crippen LogP contribution in [0.2, 0.25) is 0 Å². The Morgan fingerprint density at radius 3 is 2.21 bits per heavy atom. The van der Waals surface area contributed by atoms with E-state index >= 15 is 0 Å². The normalized spacial score (nSPS) is 26.1. The summed E-state index contributed by atoms with van der Waals surface area (Å²) in [4.78, 5) is 49.6. The van der Waals surface area contributed by atoms with E-state index in [1.54, 1.807) is 42.5 Å². The SMILES string of the molecule is C=C1C(O)C(OC(C)=O)/C=C(\C)CC[C@@H]2C([C@H](OC(C)=O)[C@@H](C=C(C)C)OC(=O)c3ccccc3)=COC(OC(C)=O)[C@@H]12. The number of aliphatic hydroxyl groups excluding tert-OH is 1. The van der Waals surface area contributed by atoms with Crippen molar-refractivity contribution in [1.29, 1.82) is 0 Å².